The standard InChI is InChI=1S/C23H23ClN2O3/c1-16-7-9-17(10-8-16)15-29-19-12-11-18(22(13-19)28-2)14-26(23(25)27)21-6-4-3-5-20(21)24/h3-13H,14-15H2,1-2H3,(H2,25,27). The number of aryl methyl sites for hydroxylation is 1. The minimum absolute atomic E-state index is 0.223. The molecule has 0 aliphatic carbocycles. The first kappa shape index (κ1) is 20.6. The predicted molar refractivity (Wildman–Crippen MR) is 116 cm³/mol. The number of para-hydroxylation sites is 1. The largest absolute Gasteiger partial charge is 0.496 e. The number of hydrogen-bond acceptors (Lipinski definition) is 3. The molecule has 0 bridgehead atoms. The van der Waals surface area contributed by atoms with E-state index in [2.05, 4.69) is 12.1 Å². The molecule has 0 aliphatic rings. The highest BCUT2D eigenvalue weighted by Crippen LogP contribution is 2.31. The fraction of sp³-hybridized carbons (Fsp3) is 0.174. The first-order valence-corrected chi connectivity index (χ1v) is 9.52. The molecule has 0 saturated heterocycles. The molecule has 0 atom stereocenters. The maximum Gasteiger partial charge on any atom is 0.319 e. The maximum absolute atomic E-state index is 12.0. The molecule has 0 fully saturated rings. The van der Waals surface area contributed by atoms with Gasteiger partial charge >= 0.3 is 6.03 Å². The van der Waals surface area contributed by atoms with Gasteiger partial charge in [0.2, 0.25) is 0 Å². The predicted octanol–water partition coefficient (Wildman–Crippen LogP) is 5.32. The summed E-state index contributed by atoms with van der Waals surface area (Å²) in [5.74, 6) is 1.28. The highest BCUT2D eigenvalue weighted by molar-refractivity contribution is 6.33. The summed E-state index contributed by atoms with van der Waals surface area (Å²) < 4.78 is 11.4. The van der Waals surface area contributed by atoms with Gasteiger partial charge in [-0.25, -0.2) is 4.79 Å². The fourth-order valence-corrected chi connectivity index (χ4v) is 3.16. The van der Waals surface area contributed by atoms with Crippen LogP contribution in [0, 0.1) is 6.92 Å². The minimum atomic E-state index is -0.597. The number of ether oxygens (including phenoxy) is 2. The van der Waals surface area contributed by atoms with E-state index in [1.54, 1.807) is 37.4 Å². The first-order valence-electron chi connectivity index (χ1n) is 9.14. The van der Waals surface area contributed by atoms with Crippen molar-refractivity contribution in [1.29, 1.82) is 0 Å². The quantitative estimate of drug-likeness (QED) is 0.573. The summed E-state index contributed by atoms with van der Waals surface area (Å²) in [6.07, 6.45) is 0. The zero-order valence-corrected chi connectivity index (χ0v) is 17.1. The molecule has 0 unspecified atom stereocenters. The van der Waals surface area contributed by atoms with Crippen LogP contribution in [0.1, 0.15) is 16.7 Å². The van der Waals surface area contributed by atoms with Crippen molar-refractivity contribution in [1.82, 2.24) is 0 Å². The third-order valence-corrected chi connectivity index (χ3v) is 4.84. The highest BCUT2D eigenvalue weighted by atomic mass is 35.5. The van der Waals surface area contributed by atoms with E-state index in [9.17, 15) is 4.79 Å². The molecule has 150 valence electrons. The topological polar surface area (TPSA) is 64.8 Å². The Hall–Kier alpha value is -3.18. The molecule has 0 radical (unpaired) electrons. The number of primary amides is 1. The van der Waals surface area contributed by atoms with Crippen LogP contribution >= 0.6 is 11.6 Å². The van der Waals surface area contributed by atoms with Crippen molar-refractivity contribution in [3.63, 3.8) is 0 Å². The molecule has 3 aromatic rings. The van der Waals surface area contributed by atoms with Crippen molar-refractivity contribution in [2.45, 2.75) is 20.1 Å². The molecule has 5 nitrogen and oxygen atoms in total. The zero-order chi connectivity index (χ0) is 20.8. The number of amides is 2. The number of nitrogens with zero attached hydrogens (tertiary/aromatic N) is 1. The SMILES string of the molecule is COc1cc(OCc2ccc(C)cc2)ccc1CN(C(N)=O)c1ccccc1Cl. The molecule has 3 rings (SSSR count). The summed E-state index contributed by atoms with van der Waals surface area (Å²) in [4.78, 5) is 13.4. The lowest BCUT2D eigenvalue weighted by Gasteiger charge is -2.23. The summed E-state index contributed by atoms with van der Waals surface area (Å²) in [7, 11) is 1.58. The number of nitrogens with two attached hydrogens (primary N) is 1. The fourth-order valence-electron chi connectivity index (χ4n) is 2.92. The first-order chi connectivity index (χ1) is 14.0. The second-order valence-corrected chi connectivity index (χ2v) is 7.03. The molecule has 0 aromatic heterocycles. The average Bonchev–Trinajstić information content (AvgIpc) is 2.72. The molecule has 2 amide bonds. The number of carbonyl (C=O) groups excluding carboxylic acids is 1. The van der Waals surface area contributed by atoms with E-state index in [1.807, 2.05) is 31.2 Å². The molecule has 2 N–H and O–H groups in total. The van der Waals surface area contributed by atoms with E-state index in [4.69, 9.17) is 26.8 Å². The Kier molecular flexibility index (Phi) is 6.62. The molecule has 0 spiro atoms. The Labute approximate surface area is 175 Å². The number of rotatable bonds is 7. The lowest BCUT2D eigenvalue weighted by Crippen LogP contribution is -2.35. The van der Waals surface area contributed by atoms with Crippen molar-refractivity contribution in [2.24, 2.45) is 5.73 Å². The number of carbonyl (C=O) groups is 1. The maximum atomic E-state index is 12.0. The van der Waals surface area contributed by atoms with Gasteiger partial charge in [-0.3, -0.25) is 4.90 Å². The van der Waals surface area contributed by atoms with Crippen LogP contribution in [0.15, 0.2) is 66.7 Å². The van der Waals surface area contributed by atoms with Gasteiger partial charge in [-0.2, -0.15) is 0 Å². The molecular weight excluding hydrogens is 388 g/mol. The van der Waals surface area contributed by atoms with Crippen molar-refractivity contribution in [3.8, 4) is 11.5 Å². The highest BCUT2D eigenvalue weighted by Gasteiger charge is 2.18. The molecule has 0 heterocycles. The van der Waals surface area contributed by atoms with Gasteiger partial charge in [-0.15, -0.1) is 0 Å². The summed E-state index contributed by atoms with van der Waals surface area (Å²) in [5, 5.41) is 0.448. The van der Waals surface area contributed by atoms with Gasteiger partial charge in [0, 0.05) is 11.6 Å². The van der Waals surface area contributed by atoms with Gasteiger partial charge in [0.15, 0.2) is 0 Å². The van der Waals surface area contributed by atoms with Crippen molar-refractivity contribution in [2.75, 3.05) is 12.0 Å². The van der Waals surface area contributed by atoms with Crippen LogP contribution in [0.5, 0.6) is 11.5 Å². The van der Waals surface area contributed by atoms with Crippen molar-refractivity contribution in [3.05, 3.63) is 88.4 Å². The van der Waals surface area contributed by atoms with E-state index < -0.39 is 6.03 Å². The summed E-state index contributed by atoms with van der Waals surface area (Å²) in [6.45, 7) is 2.72. The molecule has 6 heteroatoms. The zero-order valence-electron chi connectivity index (χ0n) is 16.4. The van der Waals surface area contributed by atoms with Gasteiger partial charge in [0.1, 0.15) is 18.1 Å². The van der Waals surface area contributed by atoms with Crippen LogP contribution in [-0.4, -0.2) is 13.1 Å². The lowest BCUT2D eigenvalue weighted by molar-refractivity contribution is 0.253. The van der Waals surface area contributed by atoms with Gasteiger partial charge in [0.25, 0.3) is 0 Å². The van der Waals surface area contributed by atoms with Crippen LogP contribution in [-0.2, 0) is 13.2 Å². The van der Waals surface area contributed by atoms with E-state index in [0.29, 0.717) is 28.8 Å². The Balaban J connectivity index is 1.78. The van der Waals surface area contributed by atoms with E-state index in [-0.39, 0.29) is 6.54 Å². The van der Waals surface area contributed by atoms with Gasteiger partial charge in [0.05, 0.1) is 24.4 Å². The number of benzene rings is 3. The minimum Gasteiger partial charge on any atom is -0.496 e. The number of anilines is 1. The molecule has 3 aromatic carbocycles. The van der Waals surface area contributed by atoms with Crippen LogP contribution in [0.25, 0.3) is 0 Å². The van der Waals surface area contributed by atoms with Gasteiger partial charge < -0.3 is 15.2 Å². The smallest absolute Gasteiger partial charge is 0.319 e. The number of halogens is 1. The van der Waals surface area contributed by atoms with Crippen molar-refractivity contribution >= 4 is 23.3 Å². The van der Waals surface area contributed by atoms with Crippen molar-refractivity contribution < 1.29 is 14.3 Å². The van der Waals surface area contributed by atoms with E-state index >= 15 is 0 Å². The third-order valence-electron chi connectivity index (χ3n) is 4.52. The Morgan fingerprint density at radius 2 is 1.79 bits per heavy atom. The summed E-state index contributed by atoms with van der Waals surface area (Å²) in [6, 6.07) is 20.1. The average molecular weight is 411 g/mol. The normalized spacial score (nSPS) is 10.4. The Morgan fingerprint density at radius 3 is 2.45 bits per heavy atom. The van der Waals surface area contributed by atoms with Crippen LogP contribution < -0.4 is 20.1 Å². The molecule has 0 saturated carbocycles. The van der Waals surface area contributed by atoms with Gasteiger partial charge in [-0.05, 0) is 36.8 Å². The Bertz CT molecular complexity index is 990. The van der Waals surface area contributed by atoms with Crippen LogP contribution in [0.2, 0.25) is 5.02 Å². The van der Waals surface area contributed by atoms with Crippen LogP contribution in [0.3, 0.4) is 0 Å². The van der Waals surface area contributed by atoms with Crippen LogP contribution in [0.4, 0.5) is 10.5 Å². The molecule has 0 aliphatic heterocycles. The van der Waals surface area contributed by atoms with Gasteiger partial charge in [-0.1, -0.05) is 53.6 Å². The number of hydrogen-bond donors (Lipinski definition) is 1. The lowest BCUT2D eigenvalue weighted by atomic mass is 10.1. The number of methoxy groups -OCH3 is 1. The summed E-state index contributed by atoms with van der Waals surface area (Å²) in [5.41, 5.74) is 9.21. The second-order valence-electron chi connectivity index (χ2n) is 6.62. The van der Waals surface area contributed by atoms with E-state index in [1.165, 1.54) is 10.5 Å². The Morgan fingerprint density at radius 1 is 1.07 bits per heavy atom. The molecular formula is C23H23ClN2O3. The second kappa shape index (κ2) is 9.34. The number of urea groups is 1. The van der Waals surface area contributed by atoms with E-state index in [0.717, 1.165) is 11.1 Å². The monoisotopic (exact) mass is 410 g/mol. The third kappa shape index (κ3) is 5.21. The summed E-state index contributed by atoms with van der Waals surface area (Å²) >= 11 is 6.24. The molecule has 29 heavy (non-hydrogen) atoms.